The van der Waals surface area contributed by atoms with Crippen LogP contribution in [0.2, 0.25) is 0 Å². The molecule has 1 aliphatic rings. The van der Waals surface area contributed by atoms with Crippen LogP contribution in [0.3, 0.4) is 0 Å². The predicted molar refractivity (Wildman–Crippen MR) is 94.9 cm³/mol. The van der Waals surface area contributed by atoms with Gasteiger partial charge in [0, 0.05) is 19.7 Å². The first-order chi connectivity index (χ1) is 13.1. The Bertz CT molecular complexity index is 1080. The second-order valence-corrected chi connectivity index (χ2v) is 6.19. The van der Waals surface area contributed by atoms with Gasteiger partial charge in [0.15, 0.2) is 6.10 Å². The molecule has 148 valence electrons. The van der Waals surface area contributed by atoms with E-state index in [1.807, 2.05) is 0 Å². The molecule has 0 N–H and O–H groups in total. The Morgan fingerprint density at radius 2 is 1.89 bits per heavy atom. The van der Waals surface area contributed by atoms with Gasteiger partial charge in [-0.25, -0.2) is 9.36 Å². The molecule has 28 heavy (non-hydrogen) atoms. The zero-order chi connectivity index (χ0) is 20.8. The maximum atomic E-state index is 13.0. The molecule has 3 rings (SSSR count). The van der Waals surface area contributed by atoms with E-state index in [1.54, 1.807) is 6.92 Å². The first kappa shape index (κ1) is 19.5. The van der Waals surface area contributed by atoms with E-state index >= 15 is 0 Å². The molecule has 1 atom stereocenters. The SMILES string of the molecule is C=CCN1C(=O)C(C)Oc2ccc(-n3c(=O)cc(C(F)(F)F)n(C)c3=O)cc21. The summed E-state index contributed by atoms with van der Waals surface area (Å²) in [5.41, 5.74) is -3.35. The number of carbonyl (C=O) groups excluding carboxylic acids is 1. The van der Waals surface area contributed by atoms with Crippen LogP contribution in [0.5, 0.6) is 5.75 Å². The summed E-state index contributed by atoms with van der Waals surface area (Å²) >= 11 is 0. The van der Waals surface area contributed by atoms with Crippen LogP contribution in [0.25, 0.3) is 5.69 Å². The monoisotopic (exact) mass is 395 g/mol. The molecule has 0 saturated heterocycles. The maximum Gasteiger partial charge on any atom is 0.431 e. The summed E-state index contributed by atoms with van der Waals surface area (Å²) in [7, 11) is 0.928. The molecule has 0 radical (unpaired) electrons. The molecule has 0 spiro atoms. The summed E-state index contributed by atoms with van der Waals surface area (Å²) in [4.78, 5) is 38.4. The summed E-state index contributed by atoms with van der Waals surface area (Å²) in [5.74, 6) is -0.00768. The van der Waals surface area contributed by atoms with Gasteiger partial charge in [-0.15, -0.1) is 6.58 Å². The standard InChI is InChI=1S/C18H16F3N3O4/c1-4-7-23-12-8-11(5-6-13(12)28-10(2)16(23)26)24-15(25)9-14(18(19,20)21)22(3)17(24)27/h4-6,8-10H,1,7H2,2-3H3. The van der Waals surface area contributed by atoms with Crippen molar-refractivity contribution in [1.29, 1.82) is 0 Å². The Hall–Kier alpha value is -3.30. The fraction of sp³-hybridized carbons (Fsp3) is 0.278. The average Bonchev–Trinajstić information content (AvgIpc) is 2.61. The van der Waals surface area contributed by atoms with Crippen molar-refractivity contribution < 1.29 is 22.7 Å². The smallest absolute Gasteiger partial charge is 0.431 e. The van der Waals surface area contributed by atoms with Crippen LogP contribution in [0.4, 0.5) is 18.9 Å². The van der Waals surface area contributed by atoms with Gasteiger partial charge < -0.3 is 9.64 Å². The minimum Gasteiger partial charge on any atom is -0.479 e. The quantitative estimate of drug-likeness (QED) is 0.744. The molecular weight excluding hydrogens is 379 g/mol. The van der Waals surface area contributed by atoms with Crippen molar-refractivity contribution in [3.05, 3.63) is 63.5 Å². The van der Waals surface area contributed by atoms with Gasteiger partial charge in [-0.3, -0.25) is 14.2 Å². The number of hydrogen-bond donors (Lipinski definition) is 0. The van der Waals surface area contributed by atoms with E-state index in [9.17, 15) is 27.6 Å². The number of amides is 1. The van der Waals surface area contributed by atoms with Gasteiger partial charge in [-0.2, -0.15) is 13.2 Å². The molecule has 1 aromatic carbocycles. The topological polar surface area (TPSA) is 73.5 Å². The molecule has 7 nitrogen and oxygen atoms in total. The van der Waals surface area contributed by atoms with E-state index in [1.165, 1.54) is 29.2 Å². The number of rotatable bonds is 3. The third kappa shape index (κ3) is 3.10. The van der Waals surface area contributed by atoms with Crippen molar-refractivity contribution in [2.24, 2.45) is 7.05 Å². The van der Waals surface area contributed by atoms with E-state index in [-0.39, 0.29) is 23.8 Å². The molecule has 0 fully saturated rings. The number of nitrogens with zero attached hydrogens (tertiary/aromatic N) is 3. The largest absolute Gasteiger partial charge is 0.479 e. The molecule has 0 bridgehead atoms. The van der Waals surface area contributed by atoms with Crippen LogP contribution in [0.15, 0.2) is 46.5 Å². The Labute approximate surface area is 156 Å². The highest BCUT2D eigenvalue weighted by atomic mass is 19.4. The predicted octanol–water partition coefficient (Wildman–Crippen LogP) is 1.85. The number of aromatic nitrogens is 2. The lowest BCUT2D eigenvalue weighted by atomic mass is 10.1. The molecule has 10 heteroatoms. The molecule has 2 aromatic rings. The Kier molecular flexibility index (Phi) is 4.66. The number of halogens is 3. The Balaban J connectivity index is 2.21. The second-order valence-electron chi connectivity index (χ2n) is 6.19. The van der Waals surface area contributed by atoms with Crippen molar-refractivity contribution in [3.63, 3.8) is 0 Å². The summed E-state index contributed by atoms with van der Waals surface area (Å²) in [6.07, 6.45) is -4.09. The highest BCUT2D eigenvalue weighted by molar-refractivity contribution is 6.00. The van der Waals surface area contributed by atoms with Crippen molar-refractivity contribution in [1.82, 2.24) is 9.13 Å². The van der Waals surface area contributed by atoms with Gasteiger partial charge in [0.25, 0.3) is 11.5 Å². The lowest BCUT2D eigenvalue weighted by Gasteiger charge is -2.32. The second kappa shape index (κ2) is 6.70. The molecular formula is C18H16F3N3O4. The summed E-state index contributed by atoms with van der Waals surface area (Å²) in [6, 6.07) is 4.52. The van der Waals surface area contributed by atoms with Crippen molar-refractivity contribution in [2.45, 2.75) is 19.2 Å². The van der Waals surface area contributed by atoms with Gasteiger partial charge in [0.1, 0.15) is 11.4 Å². The van der Waals surface area contributed by atoms with Crippen molar-refractivity contribution >= 4 is 11.6 Å². The highest BCUT2D eigenvalue weighted by Crippen LogP contribution is 2.35. The number of fused-ring (bicyclic) bond motifs is 1. The molecule has 1 amide bonds. The molecule has 2 heterocycles. The van der Waals surface area contributed by atoms with Crippen LogP contribution in [-0.2, 0) is 18.0 Å². The van der Waals surface area contributed by atoms with Crippen LogP contribution in [0, 0.1) is 0 Å². The molecule has 0 saturated carbocycles. The molecule has 1 unspecified atom stereocenters. The first-order valence-electron chi connectivity index (χ1n) is 8.20. The minimum absolute atomic E-state index is 0.0121. The van der Waals surface area contributed by atoms with E-state index < -0.39 is 29.2 Å². The number of alkyl halides is 3. The van der Waals surface area contributed by atoms with Crippen LogP contribution in [0.1, 0.15) is 12.6 Å². The normalized spacial score (nSPS) is 16.5. The number of carbonyl (C=O) groups is 1. The highest BCUT2D eigenvalue weighted by Gasteiger charge is 2.35. The summed E-state index contributed by atoms with van der Waals surface area (Å²) in [5, 5.41) is 0. The first-order valence-corrected chi connectivity index (χ1v) is 8.20. The fourth-order valence-corrected chi connectivity index (χ4v) is 2.99. The van der Waals surface area contributed by atoms with Gasteiger partial charge in [0.05, 0.1) is 11.4 Å². The number of benzene rings is 1. The lowest BCUT2D eigenvalue weighted by molar-refractivity contribution is -0.144. The van der Waals surface area contributed by atoms with Gasteiger partial charge in [-0.05, 0) is 25.1 Å². The van der Waals surface area contributed by atoms with E-state index in [2.05, 4.69) is 6.58 Å². The van der Waals surface area contributed by atoms with Crippen LogP contribution < -0.4 is 20.9 Å². The third-order valence-electron chi connectivity index (χ3n) is 4.33. The van der Waals surface area contributed by atoms with Gasteiger partial charge in [0.2, 0.25) is 0 Å². The minimum atomic E-state index is -4.85. The van der Waals surface area contributed by atoms with E-state index in [0.29, 0.717) is 21.0 Å². The lowest BCUT2D eigenvalue weighted by Crippen LogP contribution is -2.45. The third-order valence-corrected chi connectivity index (χ3v) is 4.33. The zero-order valence-corrected chi connectivity index (χ0v) is 15.0. The number of anilines is 1. The van der Waals surface area contributed by atoms with E-state index in [0.717, 1.165) is 7.05 Å². The van der Waals surface area contributed by atoms with Crippen LogP contribution >= 0.6 is 0 Å². The fourth-order valence-electron chi connectivity index (χ4n) is 2.99. The van der Waals surface area contributed by atoms with Crippen molar-refractivity contribution in [3.8, 4) is 11.4 Å². The average molecular weight is 395 g/mol. The Morgan fingerprint density at radius 3 is 2.50 bits per heavy atom. The molecule has 0 aliphatic carbocycles. The molecule has 1 aliphatic heterocycles. The molecule has 1 aromatic heterocycles. The maximum absolute atomic E-state index is 13.0. The zero-order valence-electron chi connectivity index (χ0n) is 15.0. The van der Waals surface area contributed by atoms with Crippen molar-refractivity contribution in [2.75, 3.05) is 11.4 Å². The summed E-state index contributed by atoms with van der Waals surface area (Å²) < 4.78 is 45.5. The van der Waals surface area contributed by atoms with Gasteiger partial charge in [-0.1, -0.05) is 6.08 Å². The Morgan fingerprint density at radius 1 is 1.21 bits per heavy atom. The number of ether oxygens (including phenoxy) is 1. The van der Waals surface area contributed by atoms with Gasteiger partial charge >= 0.3 is 11.9 Å². The number of hydrogen-bond acceptors (Lipinski definition) is 4. The van der Waals surface area contributed by atoms with E-state index in [4.69, 9.17) is 4.74 Å². The van der Waals surface area contributed by atoms with Crippen LogP contribution in [-0.4, -0.2) is 27.7 Å². The summed E-state index contributed by atoms with van der Waals surface area (Å²) in [6.45, 7) is 5.32.